The fourth-order valence-corrected chi connectivity index (χ4v) is 2.49. The number of benzene rings is 1. The predicted molar refractivity (Wildman–Crippen MR) is 91.5 cm³/mol. The fraction of sp³-hybridized carbons (Fsp3) is 0.316. The molecule has 0 spiro atoms. The number of hydrogen-bond donors (Lipinski definition) is 0. The molecule has 1 saturated heterocycles. The van der Waals surface area contributed by atoms with E-state index in [1.807, 2.05) is 19.9 Å². The van der Waals surface area contributed by atoms with Crippen molar-refractivity contribution >= 4 is 23.5 Å². The van der Waals surface area contributed by atoms with Crippen LogP contribution in [0.25, 0.3) is 0 Å². The predicted octanol–water partition coefficient (Wildman–Crippen LogP) is 3.40. The molecule has 2 rings (SSSR count). The van der Waals surface area contributed by atoms with Gasteiger partial charge in [0.25, 0.3) is 0 Å². The van der Waals surface area contributed by atoms with Gasteiger partial charge < -0.3 is 4.74 Å². The summed E-state index contributed by atoms with van der Waals surface area (Å²) in [5.74, 6) is -0.881. The van der Waals surface area contributed by atoms with Crippen LogP contribution in [-0.4, -0.2) is 17.8 Å². The Balaban J connectivity index is 2.14. The number of amides is 2. The smallest absolute Gasteiger partial charge is 0.338 e. The highest BCUT2D eigenvalue weighted by atomic mass is 16.5. The van der Waals surface area contributed by atoms with Gasteiger partial charge in [-0.25, -0.2) is 4.79 Å². The lowest BCUT2D eigenvalue weighted by Gasteiger charge is -2.15. The number of carbonyl (C=O) groups excluding carboxylic acids is 3. The van der Waals surface area contributed by atoms with Crippen LogP contribution in [0.4, 0.5) is 5.69 Å². The quantitative estimate of drug-likeness (QED) is 0.273. The molecule has 0 aromatic heterocycles. The van der Waals surface area contributed by atoms with E-state index in [0.29, 0.717) is 23.4 Å². The van der Waals surface area contributed by atoms with Crippen molar-refractivity contribution in [3.8, 4) is 5.75 Å². The van der Waals surface area contributed by atoms with Crippen molar-refractivity contribution < 1.29 is 19.1 Å². The Bertz CT molecular complexity index is 715. The van der Waals surface area contributed by atoms with Gasteiger partial charge in [0.1, 0.15) is 5.75 Å². The summed E-state index contributed by atoms with van der Waals surface area (Å²) < 4.78 is 5.10. The molecule has 1 aliphatic heterocycles. The first-order valence-electron chi connectivity index (χ1n) is 7.79. The maximum atomic E-state index is 12.5. The Labute approximate surface area is 141 Å². The zero-order valence-electron chi connectivity index (χ0n) is 14.2. The monoisotopic (exact) mass is 327 g/mol. The van der Waals surface area contributed by atoms with E-state index in [0.717, 1.165) is 5.57 Å². The first-order chi connectivity index (χ1) is 11.3. The van der Waals surface area contributed by atoms with Gasteiger partial charge in [-0.2, -0.15) is 0 Å². The molecule has 126 valence electrons. The van der Waals surface area contributed by atoms with Gasteiger partial charge >= 0.3 is 5.97 Å². The number of allylic oxidation sites excluding steroid dienone is 2. The molecule has 1 heterocycles. The molecule has 0 radical (unpaired) electrons. The van der Waals surface area contributed by atoms with Gasteiger partial charge in [-0.05, 0) is 51.5 Å². The van der Waals surface area contributed by atoms with Crippen LogP contribution in [0, 0.1) is 5.92 Å². The summed E-state index contributed by atoms with van der Waals surface area (Å²) in [5, 5.41) is 0. The van der Waals surface area contributed by atoms with Crippen LogP contribution in [0.3, 0.4) is 0 Å². The van der Waals surface area contributed by atoms with Crippen LogP contribution in [0.15, 0.2) is 48.1 Å². The fourth-order valence-electron chi connectivity index (χ4n) is 2.49. The van der Waals surface area contributed by atoms with Crippen molar-refractivity contribution in [1.82, 2.24) is 0 Å². The molecule has 1 aromatic rings. The average molecular weight is 327 g/mol. The maximum absolute atomic E-state index is 12.5. The number of imide groups is 1. The first-order valence-corrected chi connectivity index (χ1v) is 7.79. The minimum absolute atomic E-state index is 0.187. The summed E-state index contributed by atoms with van der Waals surface area (Å²) in [6.07, 6.45) is 2.76. The molecule has 24 heavy (non-hydrogen) atoms. The highest BCUT2D eigenvalue weighted by Gasteiger charge is 2.39. The lowest BCUT2D eigenvalue weighted by atomic mass is 9.99. The summed E-state index contributed by atoms with van der Waals surface area (Å²) in [5.41, 5.74) is 1.87. The molecule has 0 N–H and O–H groups in total. The normalized spacial score (nSPS) is 18.0. The number of nitrogens with zero attached hydrogens (tertiary/aromatic N) is 1. The largest absolute Gasteiger partial charge is 0.423 e. The van der Waals surface area contributed by atoms with E-state index in [9.17, 15) is 14.4 Å². The second-order valence-corrected chi connectivity index (χ2v) is 5.97. The molecular weight excluding hydrogens is 306 g/mol. The lowest BCUT2D eigenvalue weighted by Crippen LogP contribution is -2.30. The molecule has 1 atom stereocenters. The standard InChI is InChI=1S/C19H21NO4/c1-5-13(4)10-14-11-17(21)20(18(14)22)15-6-8-16(9-7-15)24-19(23)12(2)3/h5-9,14H,2,10-11H2,1,3-4H3/b13-5-. The zero-order chi connectivity index (χ0) is 17.9. The number of rotatable bonds is 5. The Hall–Kier alpha value is -2.69. The molecule has 5 heteroatoms. The van der Waals surface area contributed by atoms with Gasteiger partial charge in [0.05, 0.1) is 11.6 Å². The number of anilines is 1. The highest BCUT2D eigenvalue weighted by Crippen LogP contribution is 2.31. The van der Waals surface area contributed by atoms with E-state index in [2.05, 4.69) is 6.58 Å². The maximum Gasteiger partial charge on any atom is 0.338 e. The summed E-state index contributed by atoms with van der Waals surface area (Å²) in [6, 6.07) is 6.31. The molecule has 0 aliphatic carbocycles. The van der Waals surface area contributed by atoms with Crippen molar-refractivity contribution in [3.63, 3.8) is 0 Å². The van der Waals surface area contributed by atoms with Gasteiger partial charge in [-0.1, -0.05) is 18.2 Å². The first kappa shape index (κ1) is 17.7. The molecular formula is C19H21NO4. The van der Waals surface area contributed by atoms with Gasteiger partial charge in [0, 0.05) is 12.0 Å². The Kier molecular flexibility index (Phi) is 5.34. The second kappa shape index (κ2) is 7.25. The molecule has 1 fully saturated rings. The summed E-state index contributed by atoms with van der Waals surface area (Å²) >= 11 is 0. The molecule has 5 nitrogen and oxygen atoms in total. The second-order valence-electron chi connectivity index (χ2n) is 5.97. The van der Waals surface area contributed by atoms with Crippen LogP contribution in [0.5, 0.6) is 5.75 Å². The molecule has 2 amide bonds. The van der Waals surface area contributed by atoms with E-state index in [-0.39, 0.29) is 24.2 Å². The van der Waals surface area contributed by atoms with E-state index >= 15 is 0 Å². The van der Waals surface area contributed by atoms with Gasteiger partial charge in [0.15, 0.2) is 0 Å². The summed E-state index contributed by atoms with van der Waals surface area (Å²) in [6.45, 7) is 8.94. The van der Waals surface area contributed by atoms with Crippen LogP contribution in [0.1, 0.15) is 33.6 Å². The SMILES string of the molecule is C=C(C)C(=O)Oc1ccc(N2C(=O)CC(C/C(C)=C\C)C2=O)cc1. The Morgan fingerprint density at radius 3 is 2.46 bits per heavy atom. The van der Waals surface area contributed by atoms with Crippen molar-refractivity contribution in [1.29, 1.82) is 0 Å². The highest BCUT2D eigenvalue weighted by molar-refractivity contribution is 6.21. The molecule has 1 unspecified atom stereocenters. The third-order valence-corrected chi connectivity index (χ3v) is 3.96. The Morgan fingerprint density at radius 2 is 1.92 bits per heavy atom. The molecule has 1 aromatic carbocycles. The minimum Gasteiger partial charge on any atom is -0.423 e. The molecule has 0 bridgehead atoms. The molecule has 0 saturated carbocycles. The van der Waals surface area contributed by atoms with Crippen LogP contribution >= 0.6 is 0 Å². The van der Waals surface area contributed by atoms with Crippen molar-refractivity contribution in [2.45, 2.75) is 33.6 Å². The van der Waals surface area contributed by atoms with Crippen molar-refractivity contribution in [2.24, 2.45) is 5.92 Å². The van der Waals surface area contributed by atoms with E-state index in [4.69, 9.17) is 4.74 Å². The summed E-state index contributed by atoms with van der Waals surface area (Å²) in [7, 11) is 0. The molecule has 1 aliphatic rings. The minimum atomic E-state index is -0.516. The summed E-state index contributed by atoms with van der Waals surface area (Å²) in [4.78, 5) is 37.4. The van der Waals surface area contributed by atoms with Gasteiger partial charge in [-0.15, -0.1) is 0 Å². The lowest BCUT2D eigenvalue weighted by molar-refractivity contribution is -0.130. The third-order valence-electron chi connectivity index (χ3n) is 3.96. The van der Waals surface area contributed by atoms with Gasteiger partial charge in [0.2, 0.25) is 11.8 Å². The topological polar surface area (TPSA) is 63.7 Å². The Morgan fingerprint density at radius 1 is 1.29 bits per heavy atom. The number of esters is 1. The number of hydrogen-bond acceptors (Lipinski definition) is 4. The van der Waals surface area contributed by atoms with E-state index < -0.39 is 5.97 Å². The zero-order valence-corrected chi connectivity index (χ0v) is 14.2. The van der Waals surface area contributed by atoms with Crippen LogP contribution in [0.2, 0.25) is 0 Å². The average Bonchev–Trinajstić information content (AvgIpc) is 2.82. The number of ether oxygens (including phenoxy) is 1. The van der Waals surface area contributed by atoms with Crippen LogP contribution in [-0.2, 0) is 14.4 Å². The third kappa shape index (κ3) is 3.79. The van der Waals surface area contributed by atoms with Gasteiger partial charge in [-0.3, -0.25) is 14.5 Å². The van der Waals surface area contributed by atoms with Crippen molar-refractivity contribution in [3.05, 3.63) is 48.1 Å². The number of carbonyl (C=O) groups is 3. The van der Waals surface area contributed by atoms with E-state index in [1.165, 1.54) is 4.90 Å². The van der Waals surface area contributed by atoms with E-state index in [1.54, 1.807) is 31.2 Å². The van der Waals surface area contributed by atoms with Crippen LogP contribution < -0.4 is 9.64 Å². The van der Waals surface area contributed by atoms with Crippen molar-refractivity contribution in [2.75, 3.05) is 4.90 Å².